The van der Waals surface area contributed by atoms with Crippen LogP contribution in [0.2, 0.25) is 0 Å². The minimum atomic E-state index is -0.160. The Morgan fingerprint density at radius 3 is 2.86 bits per heavy atom. The van der Waals surface area contributed by atoms with Crippen molar-refractivity contribution in [2.24, 2.45) is 5.92 Å². The Morgan fingerprint density at radius 2 is 2.19 bits per heavy atom. The molecular weight excluding hydrogens is 266 g/mol. The van der Waals surface area contributed by atoms with Crippen molar-refractivity contribution in [2.45, 2.75) is 19.8 Å². The van der Waals surface area contributed by atoms with Crippen molar-refractivity contribution < 1.29 is 14.6 Å². The number of ether oxygens (including phenoxy) is 1. The fourth-order valence-electron chi connectivity index (χ4n) is 2.37. The summed E-state index contributed by atoms with van der Waals surface area (Å²) in [4.78, 5) is 12.1. The predicted molar refractivity (Wildman–Crippen MR) is 81.0 cm³/mol. The van der Waals surface area contributed by atoms with E-state index < -0.39 is 0 Å². The smallest absolute Gasteiger partial charge is 0.251 e. The van der Waals surface area contributed by atoms with E-state index in [0.717, 1.165) is 37.2 Å². The Balaban J connectivity index is 1.94. The van der Waals surface area contributed by atoms with Crippen LogP contribution in [-0.2, 0) is 4.74 Å². The van der Waals surface area contributed by atoms with E-state index in [2.05, 4.69) is 17.2 Å². The number of carbonyl (C=O) groups is 1. The predicted octanol–water partition coefficient (Wildman–Crippen LogP) is 1.50. The van der Waals surface area contributed by atoms with Gasteiger partial charge in [0.05, 0.1) is 0 Å². The van der Waals surface area contributed by atoms with Crippen molar-refractivity contribution in [2.75, 3.05) is 26.4 Å². The second kappa shape index (κ2) is 7.82. The van der Waals surface area contributed by atoms with Crippen LogP contribution in [0, 0.1) is 24.7 Å². The van der Waals surface area contributed by atoms with Gasteiger partial charge in [0.25, 0.3) is 5.91 Å². The molecule has 1 aromatic rings. The molecule has 1 heterocycles. The molecule has 0 unspecified atom stereocenters. The fourth-order valence-corrected chi connectivity index (χ4v) is 2.37. The first kappa shape index (κ1) is 15.6. The first-order chi connectivity index (χ1) is 10.2. The summed E-state index contributed by atoms with van der Waals surface area (Å²) in [6, 6.07) is 5.43. The number of benzene rings is 1. The van der Waals surface area contributed by atoms with Crippen molar-refractivity contribution in [3.8, 4) is 11.8 Å². The van der Waals surface area contributed by atoms with Gasteiger partial charge in [-0.3, -0.25) is 4.79 Å². The van der Waals surface area contributed by atoms with Gasteiger partial charge >= 0.3 is 0 Å². The highest BCUT2D eigenvalue weighted by molar-refractivity contribution is 5.94. The highest BCUT2D eigenvalue weighted by Gasteiger charge is 2.15. The number of hydrogen-bond donors (Lipinski definition) is 2. The Bertz CT molecular complexity index is 551. The van der Waals surface area contributed by atoms with Crippen LogP contribution in [0.3, 0.4) is 0 Å². The molecule has 0 radical (unpaired) electrons. The Kier molecular flexibility index (Phi) is 5.79. The zero-order valence-corrected chi connectivity index (χ0v) is 12.3. The van der Waals surface area contributed by atoms with Gasteiger partial charge in [0.1, 0.15) is 6.61 Å². The van der Waals surface area contributed by atoms with E-state index in [1.165, 1.54) is 0 Å². The summed E-state index contributed by atoms with van der Waals surface area (Å²) in [5.41, 5.74) is 2.42. The molecule has 0 aromatic heterocycles. The zero-order valence-electron chi connectivity index (χ0n) is 12.3. The summed E-state index contributed by atoms with van der Waals surface area (Å²) in [5.74, 6) is 5.94. The number of rotatable bonds is 3. The van der Waals surface area contributed by atoms with E-state index in [-0.39, 0.29) is 12.5 Å². The molecule has 1 aromatic carbocycles. The van der Waals surface area contributed by atoms with E-state index in [1.807, 2.05) is 19.1 Å². The average molecular weight is 287 g/mol. The molecular formula is C17H21NO3. The maximum Gasteiger partial charge on any atom is 0.251 e. The normalized spacial score (nSPS) is 15.1. The molecule has 0 atom stereocenters. The van der Waals surface area contributed by atoms with Gasteiger partial charge in [-0.05, 0) is 49.4 Å². The zero-order chi connectivity index (χ0) is 15.1. The lowest BCUT2D eigenvalue weighted by molar-refractivity contribution is 0.0642. The summed E-state index contributed by atoms with van der Waals surface area (Å²) >= 11 is 0. The van der Waals surface area contributed by atoms with Crippen LogP contribution in [0.1, 0.15) is 34.3 Å². The van der Waals surface area contributed by atoms with E-state index in [4.69, 9.17) is 9.84 Å². The van der Waals surface area contributed by atoms with Crippen LogP contribution in [0.25, 0.3) is 0 Å². The summed E-state index contributed by atoms with van der Waals surface area (Å²) in [6.07, 6.45) is 2.02. The van der Waals surface area contributed by atoms with Crippen molar-refractivity contribution >= 4 is 5.91 Å². The highest BCUT2D eigenvalue weighted by Crippen LogP contribution is 2.14. The third-order valence-corrected chi connectivity index (χ3v) is 3.68. The first-order valence-electron chi connectivity index (χ1n) is 7.27. The molecule has 4 heteroatoms. The van der Waals surface area contributed by atoms with Crippen LogP contribution in [0.15, 0.2) is 18.2 Å². The minimum absolute atomic E-state index is 0.0498. The second-order valence-corrected chi connectivity index (χ2v) is 5.26. The van der Waals surface area contributed by atoms with Gasteiger partial charge in [-0.25, -0.2) is 0 Å². The van der Waals surface area contributed by atoms with Gasteiger partial charge in [-0.2, -0.15) is 0 Å². The summed E-state index contributed by atoms with van der Waals surface area (Å²) in [5, 5.41) is 11.7. The molecule has 2 N–H and O–H groups in total. The number of aliphatic hydroxyl groups excluding tert-OH is 1. The molecule has 112 valence electrons. The summed E-state index contributed by atoms with van der Waals surface area (Å²) in [7, 11) is 0. The van der Waals surface area contributed by atoms with Gasteiger partial charge < -0.3 is 15.2 Å². The Morgan fingerprint density at radius 1 is 1.43 bits per heavy atom. The van der Waals surface area contributed by atoms with E-state index in [1.54, 1.807) is 6.07 Å². The first-order valence-corrected chi connectivity index (χ1v) is 7.27. The lowest BCUT2D eigenvalue weighted by Gasteiger charge is -2.22. The van der Waals surface area contributed by atoms with Gasteiger partial charge in [-0.1, -0.05) is 11.8 Å². The molecule has 0 saturated carbocycles. The molecule has 0 spiro atoms. The standard InChI is InChI=1S/C17H21NO3/c1-13-11-16(5-4-15(13)3-2-8-19)17(20)18-12-14-6-9-21-10-7-14/h4-5,11,14,19H,6-10,12H2,1H3,(H,18,20). The van der Waals surface area contributed by atoms with Crippen LogP contribution in [0.5, 0.6) is 0 Å². The van der Waals surface area contributed by atoms with Crippen molar-refractivity contribution in [3.63, 3.8) is 0 Å². The fraction of sp³-hybridized carbons (Fsp3) is 0.471. The van der Waals surface area contributed by atoms with Gasteiger partial charge in [0, 0.05) is 30.9 Å². The molecule has 0 aliphatic carbocycles. The number of aryl methyl sites for hydroxylation is 1. The van der Waals surface area contributed by atoms with Gasteiger partial charge in [0.2, 0.25) is 0 Å². The maximum absolute atomic E-state index is 12.1. The van der Waals surface area contributed by atoms with Crippen LogP contribution < -0.4 is 5.32 Å². The van der Waals surface area contributed by atoms with E-state index >= 15 is 0 Å². The molecule has 4 nitrogen and oxygen atoms in total. The topological polar surface area (TPSA) is 58.6 Å². The monoisotopic (exact) mass is 287 g/mol. The SMILES string of the molecule is Cc1cc(C(=O)NCC2CCOCC2)ccc1C#CCO. The largest absolute Gasteiger partial charge is 0.384 e. The third-order valence-electron chi connectivity index (χ3n) is 3.68. The summed E-state index contributed by atoms with van der Waals surface area (Å²) < 4.78 is 5.31. The lowest BCUT2D eigenvalue weighted by atomic mass is 10.00. The van der Waals surface area contributed by atoms with Gasteiger partial charge in [-0.15, -0.1) is 0 Å². The number of carbonyl (C=O) groups excluding carboxylic acids is 1. The third kappa shape index (κ3) is 4.59. The number of aliphatic hydroxyl groups is 1. The van der Waals surface area contributed by atoms with E-state index in [0.29, 0.717) is 18.0 Å². The summed E-state index contributed by atoms with van der Waals surface area (Å²) in [6.45, 7) is 4.03. The average Bonchev–Trinajstić information content (AvgIpc) is 2.52. The highest BCUT2D eigenvalue weighted by atomic mass is 16.5. The molecule has 1 aliphatic heterocycles. The lowest BCUT2D eigenvalue weighted by Crippen LogP contribution is -2.32. The molecule has 2 rings (SSSR count). The van der Waals surface area contributed by atoms with Crippen molar-refractivity contribution in [1.82, 2.24) is 5.32 Å². The Hall–Kier alpha value is -1.83. The van der Waals surface area contributed by atoms with Crippen molar-refractivity contribution in [3.05, 3.63) is 34.9 Å². The number of amides is 1. The molecule has 1 aliphatic rings. The molecule has 0 bridgehead atoms. The second-order valence-electron chi connectivity index (χ2n) is 5.26. The van der Waals surface area contributed by atoms with Gasteiger partial charge in [0.15, 0.2) is 0 Å². The molecule has 21 heavy (non-hydrogen) atoms. The number of nitrogens with one attached hydrogen (secondary N) is 1. The maximum atomic E-state index is 12.1. The Labute approximate surface area is 125 Å². The molecule has 1 amide bonds. The quantitative estimate of drug-likeness (QED) is 0.828. The van der Waals surface area contributed by atoms with E-state index in [9.17, 15) is 4.79 Å². The van der Waals surface area contributed by atoms with Crippen LogP contribution in [0.4, 0.5) is 0 Å². The molecule has 1 fully saturated rings. The molecule has 1 saturated heterocycles. The van der Waals surface area contributed by atoms with Crippen LogP contribution in [-0.4, -0.2) is 37.4 Å². The number of hydrogen-bond acceptors (Lipinski definition) is 3. The van der Waals surface area contributed by atoms with Crippen molar-refractivity contribution in [1.29, 1.82) is 0 Å². The minimum Gasteiger partial charge on any atom is -0.384 e. The van der Waals surface area contributed by atoms with Crippen LogP contribution >= 0.6 is 0 Å².